The van der Waals surface area contributed by atoms with Gasteiger partial charge in [-0.25, -0.2) is 0 Å². The normalized spacial score (nSPS) is 11.7. The molecule has 4 rings (SSSR count). The minimum atomic E-state index is -0.458. The number of carbonyl (C=O) groups excluding carboxylic acids is 1. The Kier molecular flexibility index (Phi) is 7.03. The average Bonchev–Trinajstić information content (AvgIpc) is 3.28. The number of hydrogen-bond acceptors (Lipinski definition) is 6. The van der Waals surface area contributed by atoms with Crippen LogP contribution in [0, 0.1) is 17.0 Å². The molecule has 1 aromatic heterocycles. The van der Waals surface area contributed by atoms with Gasteiger partial charge in [-0.1, -0.05) is 60.3 Å². The van der Waals surface area contributed by atoms with Crippen LogP contribution >= 0.6 is 11.8 Å². The van der Waals surface area contributed by atoms with Crippen molar-refractivity contribution in [1.82, 2.24) is 20.1 Å². The number of nitro groups is 1. The van der Waals surface area contributed by atoms with E-state index in [1.165, 1.54) is 23.9 Å². The van der Waals surface area contributed by atoms with Gasteiger partial charge in [-0.3, -0.25) is 19.5 Å². The lowest BCUT2D eigenvalue weighted by Gasteiger charge is -2.17. The summed E-state index contributed by atoms with van der Waals surface area (Å²) in [4.78, 5) is 23.6. The van der Waals surface area contributed by atoms with E-state index in [1.807, 2.05) is 66.9 Å². The first-order valence-electron chi connectivity index (χ1n) is 10.7. The van der Waals surface area contributed by atoms with Gasteiger partial charge >= 0.3 is 0 Å². The monoisotopic (exact) mass is 473 g/mol. The summed E-state index contributed by atoms with van der Waals surface area (Å²) in [6.07, 6.45) is 0. The number of hydrogen-bond donors (Lipinski definition) is 1. The second-order valence-electron chi connectivity index (χ2n) is 7.73. The molecule has 0 saturated carbocycles. The zero-order valence-electron chi connectivity index (χ0n) is 18.7. The number of rotatable bonds is 8. The minimum Gasteiger partial charge on any atom is -0.342 e. The van der Waals surface area contributed by atoms with Crippen LogP contribution in [-0.4, -0.2) is 25.6 Å². The summed E-state index contributed by atoms with van der Waals surface area (Å²) in [6, 6.07) is 23.1. The standard InChI is InChI=1S/C25H23N5O3S/c1-17-8-6-7-11-22(17)24(31)26-18(2)23-27-28-25(34-16-19-9-4-3-5-10-19)29(23)20-12-14-21(15-13-20)30(32)33/h3-15,18H,16H2,1-2H3,(H,26,31). The zero-order chi connectivity index (χ0) is 24.1. The lowest BCUT2D eigenvalue weighted by atomic mass is 10.1. The van der Waals surface area contributed by atoms with Gasteiger partial charge in [-0.05, 0) is 43.2 Å². The number of aromatic nitrogens is 3. The van der Waals surface area contributed by atoms with Crippen LogP contribution in [0.4, 0.5) is 5.69 Å². The van der Waals surface area contributed by atoms with Gasteiger partial charge in [0.05, 0.1) is 11.0 Å². The van der Waals surface area contributed by atoms with E-state index in [2.05, 4.69) is 15.5 Å². The molecule has 1 N–H and O–H groups in total. The summed E-state index contributed by atoms with van der Waals surface area (Å²) in [5, 5.41) is 23.5. The number of benzene rings is 3. The van der Waals surface area contributed by atoms with E-state index < -0.39 is 11.0 Å². The van der Waals surface area contributed by atoms with Crippen molar-refractivity contribution in [2.45, 2.75) is 30.8 Å². The lowest BCUT2D eigenvalue weighted by Crippen LogP contribution is -2.29. The third-order valence-electron chi connectivity index (χ3n) is 5.31. The van der Waals surface area contributed by atoms with Crippen molar-refractivity contribution in [3.63, 3.8) is 0 Å². The van der Waals surface area contributed by atoms with Crippen LogP contribution in [0.5, 0.6) is 0 Å². The van der Waals surface area contributed by atoms with E-state index in [0.717, 1.165) is 11.1 Å². The van der Waals surface area contributed by atoms with Gasteiger partial charge in [0.2, 0.25) is 0 Å². The van der Waals surface area contributed by atoms with Crippen LogP contribution < -0.4 is 5.32 Å². The van der Waals surface area contributed by atoms with Gasteiger partial charge in [0.15, 0.2) is 11.0 Å². The summed E-state index contributed by atoms with van der Waals surface area (Å²) in [7, 11) is 0. The average molecular weight is 474 g/mol. The largest absolute Gasteiger partial charge is 0.342 e. The minimum absolute atomic E-state index is 0.00207. The zero-order valence-corrected chi connectivity index (χ0v) is 19.5. The maximum absolute atomic E-state index is 12.9. The highest BCUT2D eigenvalue weighted by molar-refractivity contribution is 7.98. The number of non-ortho nitro benzene ring substituents is 1. The number of nitro benzene ring substituents is 1. The molecule has 3 aromatic carbocycles. The molecule has 0 aliphatic rings. The lowest BCUT2D eigenvalue weighted by molar-refractivity contribution is -0.384. The van der Waals surface area contributed by atoms with Crippen molar-refractivity contribution in [3.8, 4) is 5.69 Å². The second-order valence-corrected chi connectivity index (χ2v) is 8.68. The summed E-state index contributed by atoms with van der Waals surface area (Å²) >= 11 is 1.50. The summed E-state index contributed by atoms with van der Waals surface area (Å²) < 4.78 is 1.83. The molecule has 172 valence electrons. The predicted molar refractivity (Wildman–Crippen MR) is 131 cm³/mol. The molecule has 1 atom stereocenters. The Labute approximate surface area is 201 Å². The van der Waals surface area contributed by atoms with Crippen LogP contribution in [-0.2, 0) is 5.75 Å². The fraction of sp³-hybridized carbons (Fsp3) is 0.160. The van der Waals surface area contributed by atoms with Crippen molar-refractivity contribution in [2.24, 2.45) is 0 Å². The van der Waals surface area contributed by atoms with Gasteiger partial charge in [0, 0.05) is 29.1 Å². The Bertz CT molecular complexity index is 1310. The maximum Gasteiger partial charge on any atom is 0.269 e. The predicted octanol–water partition coefficient (Wildman–Crippen LogP) is 5.27. The molecule has 8 nitrogen and oxygen atoms in total. The molecule has 0 fully saturated rings. The van der Waals surface area contributed by atoms with E-state index in [1.54, 1.807) is 18.2 Å². The Morgan fingerprint density at radius 3 is 2.38 bits per heavy atom. The third-order valence-corrected chi connectivity index (χ3v) is 6.31. The van der Waals surface area contributed by atoms with Crippen LogP contribution in [0.25, 0.3) is 5.69 Å². The Morgan fingerprint density at radius 1 is 1.03 bits per heavy atom. The number of nitrogens with one attached hydrogen (secondary N) is 1. The number of amides is 1. The number of nitrogens with zero attached hydrogens (tertiary/aromatic N) is 4. The van der Waals surface area contributed by atoms with Crippen LogP contribution in [0.3, 0.4) is 0 Å². The van der Waals surface area contributed by atoms with Crippen molar-refractivity contribution >= 4 is 23.4 Å². The number of carbonyl (C=O) groups is 1. The second kappa shape index (κ2) is 10.3. The molecule has 1 amide bonds. The first-order valence-corrected chi connectivity index (χ1v) is 11.7. The van der Waals surface area contributed by atoms with Crippen molar-refractivity contribution in [2.75, 3.05) is 0 Å². The molecule has 0 aliphatic carbocycles. The van der Waals surface area contributed by atoms with E-state index in [9.17, 15) is 14.9 Å². The first-order chi connectivity index (χ1) is 16.4. The molecule has 0 aliphatic heterocycles. The molecule has 0 spiro atoms. The third kappa shape index (κ3) is 5.15. The molecular formula is C25H23N5O3S. The smallest absolute Gasteiger partial charge is 0.269 e. The van der Waals surface area contributed by atoms with E-state index >= 15 is 0 Å². The van der Waals surface area contributed by atoms with Gasteiger partial charge in [0.25, 0.3) is 11.6 Å². The molecule has 0 bridgehead atoms. The molecule has 9 heteroatoms. The van der Waals surface area contributed by atoms with E-state index in [-0.39, 0.29) is 11.6 Å². The first kappa shape index (κ1) is 23.2. The maximum atomic E-state index is 12.9. The molecule has 0 saturated heterocycles. The van der Waals surface area contributed by atoms with Crippen LogP contribution in [0.15, 0.2) is 84.0 Å². The molecule has 1 heterocycles. The van der Waals surface area contributed by atoms with E-state index in [0.29, 0.717) is 28.0 Å². The van der Waals surface area contributed by atoms with Gasteiger partial charge in [-0.15, -0.1) is 10.2 Å². The topological polar surface area (TPSA) is 103 Å². The molecule has 4 aromatic rings. The Hall–Kier alpha value is -3.98. The van der Waals surface area contributed by atoms with E-state index in [4.69, 9.17) is 0 Å². The van der Waals surface area contributed by atoms with Gasteiger partial charge in [0.1, 0.15) is 0 Å². The highest BCUT2D eigenvalue weighted by Crippen LogP contribution is 2.28. The molecule has 0 radical (unpaired) electrons. The molecule has 1 unspecified atom stereocenters. The fourth-order valence-corrected chi connectivity index (χ4v) is 4.42. The Balaban J connectivity index is 1.65. The van der Waals surface area contributed by atoms with Crippen molar-refractivity contribution in [3.05, 3.63) is 111 Å². The van der Waals surface area contributed by atoms with Crippen molar-refractivity contribution < 1.29 is 9.72 Å². The number of thioether (sulfide) groups is 1. The van der Waals surface area contributed by atoms with Crippen molar-refractivity contribution in [1.29, 1.82) is 0 Å². The highest BCUT2D eigenvalue weighted by Gasteiger charge is 2.22. The van der Waals surface area contributed by atoms with Gasteiger partial charge < -0.3 is 5.32 Å². The van der Waals surface area contributed by atoms with Gasteiger partial charge in [-0.2, -0.15) is 0 Å². The number of aryl methyl sites for hydroxylation is 1. The van der Waals surface area contributed by atoms with Crippen LogP contribution in [0.2, 0.25) is 0 Å². The SMILES string of the molecule is Cc1ccccc1C(=O)NC(C)c1nnc(SCc2ccccc2)n1-c1ccc([N+](=O)[O-])cc1. The summed E-state index contributed by atoms with van der Waals surface area (Å²) in [5.74, 6) is 1.00. The molecule has 34 heavy (non-hydrogen) atoms. The molecular weight excluding hydrogens is 450 g/mol. The summed E-state index contributed by atoms with van der Waals surface area (Å²) in [5.41, 5.74) is 3.28. The summed E-state index contributed by atoms with van der Waals surface area (Å²) in [6.45, 7) is 3.73. The highest BCUT2D eigenvalue weighted by atomic mass is 32.2. The fourth-order valence-electron chi connectivity index (χ4n) is 3.51. The quantitative estimate of drug-likeness (QED) is 0.212. The van der Waals surface area contributed by atoms with Crippen LogP contribution in [0.1, 0.15) is 40.3 Å². The Morgan fingerprint density at radius 2 is 1.71 bits per heavy atom.